The maximum Gasteiger partial charge on any atom is 0.132 e. The van der Waals surface area contributed by atoms with Crippen LogP contribution in [0.15, 0.2) is 12.1 Å². The van der Waals surface area contributed by atoms with Gasteiger partial charge in [0.1, 0.15) is 5.82 Å². The summed E-state index contributed by atoms with van der Waals surface area (Å²) in [5.74, 6) is -0.378. The van der Waals surface area contributed by atoms with Crippen LogP contribution in [0.25, 0.3) is 0 Å². The summed E-state index contributed by atoms with van der Waals surface area (Å²) in [7, 11) is 0. The number of halogens is 1. The molecule has 1 rings (SSSR count). The SMILES string of the molecule is Cc1c(N)ccc(C(C)(C)C#N)c1F. The smallest absolute Gasteiger partial charge is 0.132 e. The zero-order valence-corrected chi connectivity index (χ0v) is 8.56. The molecule has 0 aliphatic heterocycles. The fourth-order valence-corrected chi connectivity index (χ4v) is 1.24. The number of nitriles is 1. The molecule has 3 heteroatoms. The van der Waals surface area contributed by atoms with Crippen LogP contribution in [-0.2, 0) is 5.41 Å². The van der Waals surface area contributed by atoms with Crippen molar-refractivity contribution in [2.24, 2.45) is 0 Å². The lowest BCUT2D eigenvalue weighted by Gasteiger charge is -2.18. The monoisotopic (exact) mass is 192 g/mol. The van der Waals surface area contributed by atoms with Gasteiger partial charge in [-0.15, -0.1) is 0 Å². The summed E-state index contributed by atoms with van der Waals surface area (Å²) in [5.41, 5.74) is 5.95. The molecular weight excluding hydrogens is 179 g/mol. The van der Waals surface area contributed by atoms with Gasteiger partial charge >= 0.3 is 0 Å². The van der Waals surface area contributed by atoms with Gasteiger partial charge in [0.05, 0.1) is 11.5 Å². The summed E-state index contributed by atoms with van der Waals surface area (Å²) in [6.07, 6.45) is 0. The molecule has 0 aliphatic carbocycles. The van der Waals surface area contributed by atoms with Gasteiger partial charge in [0.15, 0.2) is 0 Å². The Morgan fingerprint density at radius 1 is 1.43 bits per heavy atom. The Morgan fingerprint density at radius 2 is 2.00 bits per heavy atom. The van der Waals surface area contributed by atoms with Gasteiger partial charge in [0, 0.05) is 16.8 Å². The molecule has 0 heterocycles. The zero-order chi connectivity index (χ0) is 10.9. The molecule has 0 aromatic heterocycles. The van der Waals surface area contributed by atoms with Gasteiger partial charge in [0.25, 0.3) is 0 Å². The molecule has 0 saturated carbocycles. The average molecular weight is 192 g/mol. The van der Waals surface area contributed by atoms with Gasteiger partial charge in [0.2, 0.25) is 0 Å². The number of benzene rings is 1. The van der Waals surface area contributed by atoms with E-state index < -0.39 is 5.41 Å². The normalized spacial score (nSPS) is 11.1. The third-order valence-corrected chi connectivity index (χ3v) is 2.38. The van der Waals surface area contributed by atoms with Gasteiger partial charge in [-0.05, 0) is 26.8 Å². The van der Waals surface area contributed by atoms with Crippen molar-refractivity contribution < 1.29 is 4.39 Å². The van der Waals surface area contributed by atoms with Crippen LogP contribution in [0.1, 0.15) is 25.0 Å². The van der Waals surface area contributed by atoms with Crippen LogP contribution in [0.5, 0.6) is 0 Å². The first kappa shape index (κ1) is 10.5. The minimum absolute atomic E-state index is 0.378. The van der Waals surface area contributed by atoms with Crippen molar-refractivity contribution in [2.45, 2.75) is 26.2 Å². The molecule has 0 radical (unpaired) electrons. The topological polar surface area (TPSA) is 49.8 Å². The van der Waals surface area contributed by atoms with Gasteiger partial charge in [-0.2, -0.15) is 5.26 Å². The standard InChI is InChI=1S/C11H13FN2/c1-7-9(14)5-4-8(10(7)12)11(2,3)6-13/h4-5H,14H2,1-3H3. The minimum atomic E-state index is -0.817. The largest absolute Gasteiger partial charge is 0.398 e. The Morgan fingerprint density at radius 3 is 2.50 bits per heavy atom. The van der Waals surface area contributed by atoms with E-state index in [9.17, 15) is 4.39 Å². The summed E-state index contributed by atoms with van der Waals surface area (Å²) in [6.45, 7) is 4.98. The van der Waals surface area contributed by atoms with Gasteiger partial charge in [-0.25, -0.2) is 4.39 Å². The Balaban J connectivity index is 3.41. The molecule has 0 unspecified atom stereocenters. The lowest BCUT2D eigenvalue weighted by molar-refractivity contribution is 0.559. The molecule has 0 aliphatic rings. The highest BCUT2D eigenvalue weighted by atomic mass is 19.1. The summed E-state index contributed by atoms with van der Waals surface area (Å²) < 4.78 is 13.7. The third-order valence-electron chi connectivity index (χ3n) is 2.38. The second-order valence-electron chi connectivity index (χ2n) is 3.88. The molecule has 0 amide bonds. The van der Waals surface area contributed by atoms with Crippen molar-refractivity contribution in [1.29, 1.82) is 5.26 Å². The van der Waals surface area contributed by atoms with Crippen molar-refractivity contribution in [3.05, 3.63) is 29.1 Å². The van der Waals surface area contributed by atoms with Crippen LogP contribution in [-0.4, -0.2) is 0 Å². The first-order valence-corrected chi connectivity index (χ1v) is 4.36. The quantitative estimate of drug-likeness (QED) is 0.695. The van der Waals surface area contributed by atoms with E-state index in [1.807, 2.05) is 0 Å². The average Bonchev–Trinajstić information content (AvgIpc) is 2.14. The van der Waals surface area contributed by atoms with E-state index in [4.69, 9.17) is 11.0 Å². The fraction of sp³-hybridized carbons (Fsp3) is 0.364. The number of hydrogen-bond acceptors (Lipinski definition) is 2. The van der Waals surface area contributed by atoms with Crippen LogP contribution in [0, 0.1) is 24.1 Å². The second-order valence-corrected chi connectivity index (χ2v) is 3.88. The number of rotatable bonds is 1. The molecule has 2 N–H and O–H groups in total. The number of nitrogens with zero attached hydrogens (tertiary/aromatic N) is 1. The van der Waals surface area contributed by atoms with Crippen molar-refractivity contribution in [3.63, 3.8) is 0 Å². The highest BCUT2D eigenvalue weighted by Crippen LogP contribution is 2.28. The maximum atomic E-state index is 13.7. The predicted molar refractivity (Wildman–Crippen MR) is 54.2 cm³/mol. The molecule has 1 aromatic carbocycles. The predicted octanol–water partition coefficient (Wildman–Crippen LogP) is 2.52. The highest BCUT2D eigenvalue weighted by Gasteiger charge is 2.24. The summed E-state index contributed by atoms with van der Waals surface area (Å²) in [6, 6.07) is 5.27. The molecule has 0 spiro atoms. The van der Waals surface area contributed by atoms with E-state index in [0.29, 0.717) is 16.8 Å². The molecule has 14 heavy (non-hydrogen) atoms. The van der Waals surface area contributed by atoms with Crippen molar-refractivity contribution in [1.82, 2.24) is 0 Å². The van der Waals surface area contributed by atoms with Crippen molar-refractivity contribution >= 4 is 5.69 Å². The lowest BCUT2D eigenvalue weighted by atomic mass is 9.85. The lowest BCUT2D eigenvalue weighted by Crippen LogP contribution is -2.17. The van der Waals surface area contributed by atoms with Crippen LogP contribution < -0.4 is 5.73 Å². The highest BCUT2D eigenvalue weighted by molar-refractivity contribution is 5.51. The van der Waals surface area contributed by atoms with Crippen molar-refractivity contribution in [2.75, 3.05) is 5.73 Å². The molecule has 0 atom stereocenters. The number of hydrogen-bond donors (Lipinski definition) is 1. The van der Waals surface area contributed by atoms with Gasteiger partial charge < -0.3 is 5.73 Å². The molecule has 2 nitrogen and oxygen atoms in total. The number of anilines is 1. The minimum Gasteiger partial charge on any atom is -0.398 e. The van der Waals surface area contributed by atoms with E-state index >= 15 is 0 Å². The molecule has 0 fully saturated rings. The number of nitrogen functional groups attached to an aromatic ring is 1. The van der Waals surface area contributed by atoms with Gasteiger partial charge in [-0.1, -0.05) is 6.07 Å². The Hall–Kier alpha value is -1.56. The first-order chi connectivity index (χ1) is 6.40. The molecular formula is C11H13FN2. The van der Waals surface area contributed by atoms with Gasteiger partial charge in [-0.3, -0.25) is 0 Å². The Kier molecular flexibility index (Phi) is 2.48. The molecule has 0 saturated heterocycles. The summed E-state index contributed by atoms with van der Waals surface area (Å²) >= 11 is 0. The summed E-state index contributed by atoms with van der Waals surface area (Å²) in [4.78, 5) is 0. The fourth-order valence-electron chi connectivity index (χ4n) is 1.24. The zero-order valence-electron chi connectivity index (χ0n) is 8.56. The van der Waals surface area contributed by atoms with Crippen LogP contribution in [0.3, 0.4) is 0 Å². The van der Waals surface area contributed by atoms with E-state index in [1.165, 1.54) is 0 Å². The van der Waals surface area contributed by atoms with Crippen LogP contribution in [0.2, 0.25) is 0 Å². The Bertz CT molecular complexity index is 402. The first-order valence-electron chi connectivity index (χ1n) is 4.36. The Labute approximate surface area is 83.2 Å². The van der Waals surface area contributed by atoms with E-state index in [-0.39, 0.29) is 5.82 Å². The third kappa shape index (κ3) is 1.56. The summed E-state index contributed by atoms with van der Waals surface area (Å²) in [5, 5.41) is 8.88. The van der Waals surface area contributed by atoms with Crippen LogP contribution in [0.4, 0.5) is 10.1 Å². The van der Waals surface area contributed by atoms with E-state index in [0.717, 1.165) is 0 Å². The molecule has 1 aromatic rings. The number of nitrogens with two attached hydrogens (primary N) is 1. The van der Waals surface area contributed by atoms with Crippen LogP contribution >= 0.6 is 0 Å². The maximum absolute atomic E-state index is 13.7. The molecule has 74 valence electrons. The van der Waals surface area contributed by atoms with E-state index in [2.05, 4.69) is 6.07 Å². The van der Waals surface area contributed by atoms with E-state index in [1.54, 1.807) is 32.9 Å². The second kappa shape index (κ2) is 3.30. The molecule has 0 bridgehead atoms. The van der Waals surface area contributed by atoms with Crippen molar-refractivity contribution in [3.8, 4) is 6.07 Å².